The molecule has 0 radical (unpaired) electrons. The zero-order chi connectivity index (χ0) is 60.5. The third-order valence-corrected chi connectivity index (χ3v) is 13.7. The molecule has 0 spiro atoms. The van der Waals surface area contributed by atoms with E-state index in [-0.39, 0.29) is 44.5 Å². The van der Waals surface area contributed by atoms with Crippen LogP contribution in [0.2, 0.25) is 0 Å². The van der Waals surface area contributed by atoms with Crippen molar-refractivity contribution >= 4 is 47.8 Å². The first-order valence-electron chi connectivity index (χ1n) is 27.4. The van der Waals surface area contributed by atoms with Crippen LogP contribution in [0.4, 0.5) is 0 Å². The lowest BCUT2D eigenvalue weighted by molar-refractivity contribution is -0.351. The minimum atomic E-state index is -2.13. The molecule has 0 bridgehead atoms. The van der Waals surface area contributed by atoms with E-state index in [1.165, 1.54) is 97.1 Å². The van der Waals surface area contributed by atoms with Crippen LogP contribution in [-0.4, -0.2) is 122 Å². The van der Waals surface area contributed by atoms with Crippen LogP contribution in [0, 0.1) is 0 Å². The van der Waals surface area contributed by atoms with E-state index >= 15 is 0 Å². The highest BCUT2D eigenvalue weighted by Gasteiger charge is 2.59. The largest absolute Gasteiger partial charge is 0.459 e. The summed E-state index contributed by atoms with van der Waals surface area (Å²) in [4.78, 5) is 115. The number of carbonyl (C=O) groups is 8. The van der Waals surface area contributed by atoms with Crippen LogP contribution in [-0.2, 0) is 52.1 Å². The van der Waals surface area contributed by atoms with E-state index in [4.69, 9.17) is 52.1 Å². The van der Waals surface area contributed by atoms with Crippen molar-refractivity contribution < 1.29 is 90.5 Å². The van der Waals surface area contributed by atoms with E-state index in [0.29, 0.717) is 0 Å². The van der Waals surface area contributed by atoms with Crippen LogP contribution in [0.1, 0.15) is 82.9 Å². The fraction of sp³-hybridized carbons (Fsp3) is 0.176. The highest BCUT2D eigenvalue weighted by Crippen LogP contribution is 2.37. The maximum atomic E-state index is 14.7. The maximum Gasteiger partial charge on any atom is 0.340 e. The molecule has 10 atom stereocenters. The number of carbonyl (C=O) groups excluding carboxylic acids is 8. The van der Waals surface area contributed by atoms with Gasteiger partial charge in [0, 0.05) is 0 Å². The van der Waals surface area contributed by atoms with E-state index in [1.54, 1.807) is 146 Å². The van der Waals surface area contributed by atoms with Gasteiger partial charge in [0.1, 0.15) is 31.5 Å². The number of hydrogen-bond donors (Lipinski definition) is 0. The minimum absolute atomic E-state index is 0.00860. The lowest BCUT2D eigenvalue weighted by Crippen LogP contribution is -2.67. The predicted molar refractivity (Wildman–Crippen MR) is 306 cm³/mol. The molecule has 0 aliphatic carbocycles. The zero-order valence-electron chi connectivity index (χ0n) is 46.0. The predicted octanol–water partition coefficient (Wildman–Crippen LogP) is 9.52. The number of esters is 8. The number of hydrogen-bond acceptors (Lipinski definition) is 19. The van der Waals surface area contributed by atoms with Gasteiger partial charge in [-0.2, -0.15) is 0 Å². The molecule has 19 heteroatoms. The normalized spacial score (nSPS) is 21.3. The second-order valence-corrected chi connectivity index (χ2v) is 19.6. The highest BCUT2D eigenvalue weighted by molar-refractivity contribution is 5.93. The molecule has 8 aromatic rings. The van der Waals surface area contributed by atoms with Gasteiger partial charge >= 0.3 is 47.8 Å². The Morgan fingerprint density at radius 2 is 0.460 bits per heavy atom. The maximum absolute atomic E-state index is 14.7. The molecule has 2 saturated heterocycles. The molecule has 0 amide bonds. The monoisotopic (exact) mass is 1170 g/mol. The van der Waals surface area contributed by atoms with Crippen molar-refractivity contribution in [1.82, 2.24) is 0 Å². The first kappa shape index (κ1) is 59.6. The summed E-state index contributed by atoms with van der Waals surface area (Å²) in [6.07, 6.45) is -19.4. The van der Waals surface area contributed by atoms with Gasteiger partial charge in [-0.15, -0.1) is 0 Å². The average Bonchev–Trinajstić information content (AvgIpc) is 3.65. The zero-order valence-corrected chi connectivity index (χ0v) is 46.0. The molecular formula is C68H54O19. The fourth-order valence-corrected chi connectivity index (χ4v) is 9.42. The van der Waals surface area contributed by atoms with Crippen LogP contribution < -0.4 is 0 Å². The second-order valence-electron chi connectivity index (χ2n) is 19.6. The van der Waals surface area contributed by atoms with Crippen molar-refractivity contribution in [3.05, 3.63) is 287 Å². The summed E-state index contributed by atoms with van der Waals surface area (Å²) >= 11 is 0. The van der Waals surface area contributed by atoms with Crippen molar-refractivity contribution in [1.29, 1.82) is 0 Å². The molecule has 2 aliphatic rings. The van der Waals surface area contributed by atoms with Gasteiger partial charge in [0.15, 0.2) is 30.7 Å². The Kier molecular flexibility index (Phi) is 19.7. The molecule has 0 aromatic heterocycles. The van der Waals surface area contributed by atoms with Gasteiger partial charge in [0.05, 0.1) is 44.5 Å². The molecule has 0 saturated carbocycles. The van der Waals surface area contributed by atoms with Gasteiger partial charge in [0.25, 0.3) is 0 Å². The Morgan fingerprint density at radius 1 is 0.241 bits per heavy atom. The van der Waals surface area contributed by atoms with Crippen molar-refractivity contribution in [3.63, 3.8) is 0 Å². The Bertz CT molecular complexity index is 3620. The average molecular weight is 1180 g/mol. The van der Waals surface area contributed by atoms with E-state index in [2.05, 4.69) is 0 Å². The Hall–Kier alpha value is -10.6. The topological polar surface area (TPSA) is 238 Å². The number of benzene rings is 8. The van der Waals surface area contributed by atoms with Gasteiger partial charge in [-0.05, 0) is 97.1 Å². The van der Waals surface area contributed by atoms with E-state index in [1.807, 2.05) is 0 Å². The summed E-state index contributed by atoms with van der Waals surface area (Å²) in [6.45, 7) is -1.58. The van der Waals surface area contributed by atoms with Crippen LogP contribution >= 0.6 is 0 Å². The summed E-state index contributed by atoms with van der Waals surface area (Å²) in [5, 5.41) is 0. The SMILES string of the molecule is O=C(OC[C@H]1O[C@@H](O[C@H]2[C@H](OC(=O)c3ccccc3)[C@@H](OC(=O)c3ccccc3)[C@H](OC(=O)c3ccccc3)O[C@@H]2COC(=O)c2ccccc2)[C@H](OC(=O)c2ccccc2)[C@@H](OC(=O)c2ccccc2)[C@@H]1OC(=O)c1ccccc1)c1ccccc1. The van der Waals surface area contributed by atoms with Gasteiger partial charge < -0.3 is 52.1 Å². The molecule has 19 nitrogen and oxygen atoms in total. The van der Waals surface area contributed by atoms with Crippen molar-refractivity contribution in [2.45, 2.75) is 61.4 Å². The lowest BCUT2D eigenvalue weighted by Gasteiger charge is -2.48. The van der Waals surface area contributed by atoms with Crippen LogP contribution in [0.5, 0.6) is 0 Å². The van der Waals surface area contributed by atoms with E-state index in [0.717, 1.165) is 0 Å². The molecule has 2 fully saturated rings. The summed E-state index contributed by atoms with van der Waals surface area (Å²) in [7, 11) is 0. The van der Waals surface area contributed by atoms with E-state index < -0.39 is 122 Å². The van der Waals surface area contributed by atoms with Gasteiger partial charge in [0.2, 0.25) is 12.4 Å². The van der Waals surface area contributed by atoms with Gasteiger partial charge in [-0.25, -0.2) is 38.4 Å². The minimum Gasteiger partial charge on any atom is -0.459 e. The quantitative estimate of drug-likeness (QED) is 0.0510. The molecule has 0 unspecified atom stereocenters. The third kappa shape index (κ3) is 15.2. The standard InChI is InChI=1S/C68H54O19/c69-59(43-25-9-1-10-26-43)77-41-51-53(81-61(71)45-29-13-3-14-30-45)55(82-62(72)46-31-15-4-16-32-46)57(84-64(74)48-35-19-6-20-36-48)67(79-51)86-54-52(42-78-60(70)44-27-11-2-12-28-44)80-68(87-66(76)50-39-23-8-24-40-50)58(85-65(75)49-37-21-7-22-38-49)56(54)83-63(73)47-33-17-5-18-34-47/h1-40,51-58,67-68H,41-42H2/t51-,52-,53-,54-,55+,56+,57-,58-,67+,68+/m1/s1. The van der Waals surface area contributed by atoms with Gasteiger partial charge in [-0.3, -0.25) is 0 Å². The summed E-state index contributed by atoms with van der Waals surface area (Å²) in [5.41, 5.74) is 0.168. The highest BCUT2D eigenvalue weighted by atomic mass is 16.8. The van der Waals surface area contributed by atoms with Crippen molar-refractivity contribution in [3.8, 4) is 0 Å². The van der Waals surface area contributed by atoms with E-state index in [9.17, 15) is 38.4 Å². The first-order chi connectivity index (χ1) is 42.5. The van der Waals surface area contributed by atoms with Crippen LogP contribution in [0.15, 0.2) is 243 Å². The molecule has 440 valence electrons. The summed E-state index contributed by atoms with van der Waals surface area (Å²) in [6, 6.07) is 61.7. The van der Waals surface area contributed by atoms with Gasteiger partial charge in [-0.1, -0.05) is 146 Å². The molecule has 2 heterocycles. The number of ether oxygens (including phenoxy) is 11. The van der Waals surface area contributed by atoms with Crippen molar-refractivity contribution in [2.24, 2.45) is 0 Å². The van der Waals surface area contributed by atoms with Crippen LogP contribution in [0.25, 0.3) is 0 Å². The summed E-state index contributed by atoms with van der Waals surface area (Å²) < 4.78 is 69.7. The third-order valence-electron chi connectivity index (χ3n) is 13.7. The Morgan fingerprint density at radius 3 is 0.770 bits per heavy atom. The molecular weight excluding hydrogens is 1120 g/mol. The number of rotatable bonds is 20. The Labute approximate surface area is 498 Å². The molecule has 0 N–H and O–H groups in total. The summed E-state index contributed by atoms with van der Waals surface area (Å²) in [5.74, 6) is -7.88. The van der Waals surface area contributed by atoms with Crippen LogP contribution in [0.3, 0.4) is 0 Å². The molecule has 8 aromatic carbocycles. The molecule has 87 heavy (non-hydrogen) atoms. The van der Waals surface area contributed by atoms with Crippen molar-refractivity contribution in [2.75, 3.05) is 13.2 Å². The second kappa shape index (κ2) is 28.8. The molecule has 2 aliphatic heterocycles. The fourth-order valence-electron chi connectivity index (χ4n) is 9.42. The lowest BCUT2D eigenvalue weighted by atomic mass is 9.95. The Balaban J connectivity index is 1.14. The molecule has 10 rings (SSSR count). The smallest absolute Gasteiger partial charge is 0.340 e. The first-order valence-corrected chi connectivity index (χ1v) is 27.4.